The van der Waals surface area contributed by atoms with E-state index in [0.29, 0.717) is 13.2 Å². The molecule has 1 aliphatic heterocycles. The number of piperidine rings is 1. The smallest absolute Gasteiger partial charge is 0.319 e. The first kappa shape index (κ1) is 19.2. The van der Waals surface area contributed by atoms with E-state index in [-0.39, 0.29) is 6.03 Å². The molecule has 0 radical (unpaired) electrons. The fourth-order valence-corrected chi connectivity index (χ4v) is 3.33. The lowest BCUT2D eigenvalue weighted by molar-refractivity contribution is 0.111. The average Bonchev–Trinajstić information content (AvgIpc) is 3.45. The molecule has 1 aromatic carbocycles. The number of hydrogen-bond acceptors (Lipinski definition) is 3. The molecular formula is C21H33N3O2. The Bertz CT molecular complexity index is 566. The lowest BCUT2D eigenvalue weighted by Crippen LogP contribution is -2.36. The Hall–Kier alpha value is -1.59. The van der Waals surface area contributed by atoms with Crippen LogP contribution in [0.4, 0.5) is 10.5 Å². The van der Waals surface area contributed by atoms with Gasteiger partial charge >= 0.3 is 6.03 Å². The molecule has 1 heterocycles. The Morgan fingerprint density at radius 2 is 2.04 bits per heavy atom. The molecule has 0 bridgehead atoms. The number of urea groups is 1. The molecule has 26 heavy (non-hydrogen) atoms. The lowest BCUT2D eigenvalue weighted by Gasteiger charge is -2.30. The van der Waals surface area contributed by atoms with Crippen molar-refractivity contribution in [2.45, 2.75) is 45.6 Å². The largest absolute Gasteiger partial charge is 0.376 e. The first-order valence-corrected chi connectivity index (χ1v) is 10.1. The van der Waals surface area contributed by atoms with Crippen molar-refractivity contribution < 1.29 is 9.53 Å². The van der Waals surface area contributed by atoms with Crippen molar-refractivity contribution in [1.29, 1.82) is 0 Å². The standard InChI is InChI=1S/C21H33N3O2/c1-17-8-12-24(13-9-17)11-3-10-22-21(25)23-20-5-2-4-19(14-20)16-26-15-18-6-7-18/h2,4-5,14,17-18H,3,6-13,15-16H2,1H3,(H2,22,23,25). The number of benzene rings is 1. The van der Waals surface area contributed by atoms with Crippen LogP contribution in [-0.4, -0.2) is 43.7 Å². The predicted octanol–water partition coefficient (Wildman–Crippen LogP) is 3.86. The zero-order valence-corrected chi connectivity index (χ0v) is 16.0. The van der Waals surface area contributed by atoms with Crippen molar-refractivity contribution in [2.75, 3.05) is 38.1 Å². The summed E-state index contributed by atoms with van der Waals surface area (Å²) in [6.07, 6.45) is 6.21. The molecule has 0 atom stereocenters. The van der Waals surface area contributed by atoms with Gasteiger partial charge in [0.15, 0.2) is 0 Å². The summed E-state index contributed by atoms with van der Waals surface area (Å²) < 4.78 is 5.71. The van der Waals surface area contributed by atoms with Crippen LogP contribution in [0.1, 0.15) is 44.6 Å². The van der Waals surface area contributed by atoms with E-state index in [9.17, 15) is 4.79 Å². The Balaban J connectivity index is 1.30. The second-order valence-corrected chi connectivity index (χ2v) is 7.92. The average molecular weight is 360 g/mol. The number of ether oxygens (including phenoxy) is 1. The highest BCUT2D eigenvalue weighted by molar-refractivity contribution is 5.89. The van der Waals surface area contributed by atoms with Crippen LogP contribution in [-0.2, 0) is 11.3 Å². The molecule has 144 valence electrons. The normalized spacial score (nSPS) is 18.7. The monoisotopic (exact) mass is 359 g/mol. The van der Waals surface area contributed by atoms with Crippen LogP contribution >= 0.6 is 0 Å². The van der Waals surface area contributed by atoms with Crippen molar-refractivity contribution in [2.24, 2.45) is 11.8 Å². The first-order chi connectivity index (χ1) is 12.7. The van der Waals surface area contributed by atoms with Crippen LogP contribution in [0.5, 0.6) is 0 Å². The molecule has 0 spiro atoms. The summed E-state index contributed by atoms with van der Waals surface area (Å²) in [4.78, 5) is 14.6. The molecule has 5 heteroatoms. The number of nitrogens with zero attached hydrogens (tertiary/aromatic N) is 1. The Morgan fingerprint density at radius 1 is 1.23 bits per heavy atom. The lowest BCUT2D eigenvalue weighted by atomic mass is 9.99. The molecule has 1 saturated carbocycles. The fourth-order valence-electron chi connectivity index (χ4n) is 3.33. The molecule has 1 saturated heterocycles. The van der Waals surface area contributed by atoms with Gasteiger partial charge in [-0.3, -0.25) is 0 Å². The second-order valence-electron chi connectivity index (χ2n) is 7.92. The van der Waals surface area contributed by atoms with Crippen LogP contribution in [0, 0.1) is 11.8 Å². The molecule has 2 amide bonds. The SMILES string of the molecule is CC1CCN(CCCNC(=O)Nc2cccc(COCC3CC3)c2)CC1. The van der Waals surface area contributed by atoms with Crippen LogP contribution in [0.25, 0.3) is 0 Å². The van der Waals surface area contributed by atoms with E-state index in [0.717, 1.165) is 42.7 Å². The highest BCUT2D eigenvalue weighted by atomic mass is 16.5. The quantitative estimate of drug-likeness (QED) is 0.658. The minimum atomic E-state index is -0.131. The minimum Gasteiger partial charge on any atom is -0.376 e. The van der Waals surface area contributed by atoms with Gasteiger partial charge in [0, 0.05) is 18.8 Å². The van der Waals surface area contributed by atoms with Crippen molar-refractivity contribution in [3.8, 4) is 0 Å². The van der Waals surface area contributed by atoms with E-state index in [1.807, 2.05) is 24.3 Å². The van der Waals surface area contributed by atoms with E-state index in [4.69, 9.17) is 4.74 Å². The third-order valence-electron chi connectivity index (χ3n) is 5.32. The number of carbonyl (C=O) groups excluding carboxylic acids is 1. The van der Waals surface area contributed by atoms with E-state index in [1.165, 1.54) is 38.8 Å². The van der Waals surface area contributed by atoms with E-state index in [1.54, 1.807) is 0 Å². The van der Waals surface area contributed by atoms with Crippen molar-refractivity contribution in [3.63, 3.8) is 0 Å². The third kappa shape index (κ3) is 6.96. The Kier molecular flexibility index (Phi) is 7.32. The van der Waals surface area contributed by atoms with Gasteiger partial charge in [0.1, 0.15) is 0 Å². The number of carbonyl (C=O) groups is 1. The third-order valence-corrected chi connectivity index (χ3v) is 5.32. The maximum atomic E-state index is 12.1. The highest BCUT2D eigenvalue weighted by Crippen LogP contribution is 2.29. The van der Waals surface area contributed by atoms with Gasteiger partial charge in [0.05, 0.1) is 6.61 Å². The molecule has 2 aliphatic rings. The van der Waals surface area contributed by atoms with Crippen LogP contribution in [0.15, 0.2) is 24.3 Å². The molecule has 2 N–H and O–H groups in total. The van der Waals surface area contributed by atoms with Gasteiger partial charge in [-0.2, -0.15) is 0 Å². The minimum absolute atomic E-state index is 0.131. The number of amides is 2. The summed E-state index contributed by atoms with van der Waals surface area (Å²) in [5, 5.41) is 5.88. The number of nitrogens with one attached hydrogen (secondary N) is 2. The number of anilines is 1. The van der Waals surface area contributed by atoms with Crippen LogP contribution < -0.4 is 10.6 Å². The maximum absolute atomic E-state index is 12.1. The number of likely N-dealkylation sites (tertiary alicyclic amines) is 1. The fraction of sp³-hybridized carbons (Fsp3) is 0.667. The summed E-state index contributed by atoms with van der Waals surface area (Å²) >= 11 is 0. The van der Waals surface area contributed by atoms with E-state index >= 15 is 0 Å². The van der Waals surface area contributed by atoms with Gasteiger partial charge in [-0.25, -0.2) is 4.79 Å². The highest BCUT2D eigenvalue weighted by Gasteiger charge is 2.21. The first-order valence-electron chi connectivity index (χ1n) is 10.1. The van der Waals surface area contributed by atoms with E-state index < -0.39 is 0 Å². The van der Waals surface area contributed by atoms with Crippen LogP contribution in [0.2, 0.25) is 0 Å². The zero-order chi connectivity index (χ0) is 18.2. The van der Waals surface area contributed by atoms with Crippen molar-refractivity contribution in [1.82, 2.24) is 10.2 Å². The van der Waals surface area contributed by atoms with E-state index in [2.05, 4.69) is 22.5 Å². The second kappa shape index (κ2) is 9.93. The maximum Gasteiger partial charge on any atom is 0.319 e. The summed E-state index contributed by atoms with van der Waals surface area (Å²) in [7, 11) is 0. The van der Waals surface area contributed by atoms with Crippen LogP contribution in [0.3, 0.4) is 0 Å². The molecule has 0 unspecified atom stereocenters. The van der Waals surface area contributed by atoms with Gasteiger partial charge in [-0.05, 0) is 81.3 Å². The summed E-state index contributed by atoms with van der Waals surface area (Å²) in [5.41, 5.74) is 1.92. The molecule has 2 fully saturated rings. The molecule has 0 aromatic heterocycles. The van der Waals surface area contributed by atoms with Gasteiger partial charge in [0.2, 0.25) is 0 Å². The Morgan fingerprint density at radius 3 is 2.81 bits per heavy atom. The Labute approximate surface area is 157 Å². The predicted molar refractivity (Wildman–Crippen MR) is 105 cm³/mol. The summed E-state index contributed by atoms with van der Waals surface area (Å²) in [5.74, 6) is 1.64. The zero-order valence-electron chi connectivity index (χ0n) is 16.0. The van der Waals surface area contributed by atoms with Gasteiger partial charge in [0.25, 0.3) is 0 Å². The van der Waals surface area contributed by atoms with Crippen molar-refractivity contribution in [3.05, 3.63) is 29.8 Å². The molecule has 1 aliphatic carbocycles. The molecular weight excluding hydrogens is 326 g/mol. The van der Waals surface area contributed by atoms with Gasteiger partial charge in [-0.1, -0.05) is 19.1 Å². The number of rotatable bonds is 9. The van der Waals surface area contributed by atoms with Gasteiger partial charge in [-0.15, -0.1) is 0 Å². The van der Waals surface area contributed by atoms with Gasteiger partial charge < -0.3 is 20.3 Å². The molecule has 1 aromatic rings. The molecule has 5 nitrogen and oxygen atoms in total. The number of hydrogen-bond donors (Lipinski definition) is 2. The topological polar surface area (TPSA) is 53.6 Å². The van der Waals surface area contributed by atoms with Crippen molar-refractivity contribution >= 4 is 11.7 Å². The molecule has 3 rings (SSSR count). The summed E-state index contributed by atoms with van der Waals surface area (Å²) in [6.45, 7) is 7.97. The summed E-state index contributed by atoms with van der Waals surface area (Å²) in [6, 6.07) is 7.77.